The second-order valence-electron chi connectivity index (χ2n) is 5.38. The Balaban J connectivity index is 2.58. The Morgan fingerprint density at radius 1 is 1.17 bits per heavy atom. The number of amides is 1. The fourth-order valence-corrected chi connectivity index (χ4v) is 2.13. The molecule has 5 nitrogen and oxygen atoms in total. The van der Waals surface area contributed by atoms with Crippen molar-refractivity contribution in [3.63, 3.8) is 0 Å². The van der Waals surface area contributed by atoms with Crippen molar-refractivity contribution in [1.82, 2.24) is 5.32 Å². The molecule has 0 heterocycles. The van der Waals surface area contributed by atoms with Gasteiger partial charge in [0, 0.05) is 13.5 Å². The molecule has 0 saturated heterocycles. The molecule has 0 fully saturated rings. The lowest BCUT2D eigenvalue weighted by atomic mass is 10.1. The number of esters is 1. The summed E-state index contributed by atoms with van der Waals surface area (Å²) in [5.74, 6) is 0.316. The minimum atomic E-state index is -0.555. The van der Waals surface area contributed by atoms with Gasteiger partial charge in [-0.25, -0.2) is 4.79 Å². The third-order valence-corrected chi connectivity index (χ3v) is 3.36. The van der Waals surface area contributed by atoms with Crippen molar-refractivity contribution < 1.29 is 19.1 Å². The Kier molecular flexibility index (Phi) is 8.80. The van der Waals surface area contributed by atoms with Crippen LogP contribution in [0.3, 0.4) is 0 Å². The average molecular weight is 321 g/mol. The van der Waals surface area contributed by atoms with E-state index in [1.165, 1.54) is 6.92 Å². The van der Waals surface area contributed by atoms with Crippen molar-refractivity contribution in [2.75, 3.05) is 13.2 Å². The van der Waals surface area contributed by atoms with E-state index in [9.17, 15) is 9.59 Å². The maximum absolute atomic E-state index is 11.9. The van der Waals surface area contributed by atoms with Crippen molar-refractivity contribution in [3.8, 4) is 5.75 Å². The molecule has 1 aromatic carbocycles. The number of ether oxygens (including phenoxy) is 2. The van der Waals surface area contributed by atoms with Crippen LogP contribution in [0.5, 0.6) is 5.75 Å². The van der Waals surface area contributed by atoms with E-state index in [1.807, 2.05) is 24.3 Å². The molecule has 1 atom stereocenters. The number of unbranched alkanes of at least 4 members (excludes halogenated alkanes) is 1. The first-order valence-corrected chi connectivity index (χ1v) is 8.23. The van der Waals surface area contributed by atoms with Crippen LogP contribution in [-0.2, 0) is 20.7 Å². The Bertz CT molecular complexity index is 484. The fourth-order valence-electron chi connectivity index (χ4n) is 2.13. The van der Waals surface area contributed by atoms with Crippen LogP contribution in [0.25, 0.3) is 0 Å². The number of nitrogens with one attached hydrogen (secondary N) is 1. The number of hydrogen-bond donors (Lipinski definition) is 1. The van der Waals surface area contributed by atoms with Crippen molar-refractivity contribution in [1.29, 1.82) is 0 Å². The fraction of sp³-hybridized carbons (Fsp3) is 0.556. The summed E-state index contributed by atoms with van der Waals surface area (Å²) < 4.78 is 10.9. The summed E-state index contributed by atoms with van der Waals surface area (Å²) in [6.07, 6.45) is 2.77. The van der Waals surface area contributed by atoms with E-state index in [4.69, 9.17) is 9.47 Å². The lowest BCUT2D eigenvalue weighted by molar-refractivity contribution is -0.151. The molecule has 0 aliphatic rings. The lowest BCUT2D eigenvalue weighted by Crippen LogP contribution is -2.29. The van der Waals surface area contributed by atoms with Crippen molar-refractivity contribution in [2.24, 2.45) is 0 Å². The van der Waals surface area contributed by atoms with Gasteiger partial charge >= 0.3 is 5.97 Å². The average Bonchev–Trinajstić information content (AvgIpc) is 2.52. The second-order valence-corrected chi connectivity index (χ2v) is 5.38. The monoisotopic (exact) mass is 321 g/mol. The number of rotatable bonds is 10. The third kappa shape index (κ3) is 7.68. The highest BCUT2D eigenvalue weighted by Crippen LogP contribution is 2.17. The number of carbonyl (C=O) groups excluding carboxylic acids is 2. The van der Waals surface area contributed by atoms with Crippen LogP contribution >= 0.6 is 0 Å². The molecule has 128 valence electrons. The minimum absolute atomic E-state index is 0.0295. The molecular weight excluding hydrogens is 294 g/mol. The Labute approximate surface area is 138 Å². The first-order valence-electron chi connectivity index (χ1n) is 8.23. The van der Waals surface area contributed by atoms with Crippen LogP contribution in [0.4, 0.5) is 0 Å². The number of hydrogen-bond acceptors (Lipinski definition) is 4. The van der Waals surface area contributed by atoms with E-state index in [2.05, 4.69) is 12.2 Å². The second kappa shape index (κ2) is 10.6. The van der Waals surface area contributed by atoms with Gasteiger partial charge in [-0.3, -0.25) is 4.79 Å². The predicted octanol–water partition coefficient (Wildman–Crippen LogP) is 2.87. The summed E-state index contributed by atoms with van der Waals surface area (Å²) in [5, 5.41) is 2.76. The molecule has 0 aromatic heterocycles. The molecule has 5 heteroatoms. The van der Waals surface area contributed by atoms with Crippen molar-refractivity contribution in [2.45, 2.75) is 52.6 Å². The number of carbonyl (C=O) groups is 2. The summed E-state index contributed by atoms with van der Waals surface area (Å²) in [6.45, 7) is 6.33. The molecular formula is C18H27NO4. The van der Waals surface area contributed by atoms with Crippen LogP contribution in [0.1, 0.15) is 45.6 Å². The zero-order valence-electron chi connectivity index (χ0n) is 14.3. The molecule has 1 rings (SSSR count). The SMILES string of the molecule is CCCCC(Oc1ccc(CCNC(C)=O)cc1)C(=O)OCC. The molecule has 0 spiro atoms. The van der Waals surface area contributed by atoms with E-state index >= 15 is 0 Å². The molecule has 23 heavy (non-hydrogen) atoms. The molecule has 1 amide bonds. The summed E-state index contributed by atoms with van der Waals surface area (Å²) in [6, 6.07) is 7.58. The molecule has 0 saturated carbocycles. The van der Waals surface area contributed by atoms with Crippen LogP contribution in [0.2, 0.25) is 0 Å². The van der Waals surface area contributed by atoms with E-state index in [1.54, 1.807) is 6.92 Å². The smallest absolute Gasteiger partial charge is 0.347 e. The zero-order valence-corrected chi connectivity index (χ0v) is 14.3. The van der Waals surface area contributed by atoms with E-state index in [-0.39, 0.29) is 11.9 Å². The quantitative estimate of drug-likeness (QED) is 0.673. The predicted molar refractivity (Wildman–Crippen MR) is 89.4 cm³/mol. The van der Waals surface area contributed by atoms with E-state index in [0.717, 1.165) is 24.8 Å². The molecule has 1 aromatic rings. The summed E-state index contributed by atoms with van der Waals surface area (Å²) in [5.41, 5.74) is 1.10. The normalized spacial score (nSPS) is 11.6. The molecule has 0 bridgehead atoms. The highest BCUT2D eigenvalue weighted by atomic mass is 16.6. The van der Waals surface area contributed by atoms with Gasteiger partial charge < -0.3 is 14.8 Å². The van der Waals surface area contributed by atoms with Crippen LogP contribution in [-0.4, -0.2) is 31.1 Å². The van der Waals surface area contributed by atoms with Crippen LogP contribution < -0.4 is 10.1 Å². The summed E-state index contributed by atoms with van der Waals surface area (Å²) >= 11 is 0. The number of benzene rings is 1. The standard InChI is InChI=1S/C18H27NO4/c1-4-6-7-17(18(21)22-5-2)23-16-10-8-15(9-11-16)12-13-19-14(3)20/h8-11,17H,4-7,12-13H2,1-3H3,(H,19,20). The van der Waals surface area contributed by atoms with Gasteiger partial charge in [0.1, 0.15) is 5.75 Å². The summed E-state index contributed by atoms with van der Waals surface area (Å²) in [4.78, 5) is 22.8. The van der Waals surface area contributed by atoms with Crippen molar-refractivity contribution >= 4 is 11.9 Å². The van der Waals surface area contributed by atoms with Gasteiger partial charge in [0.2, 0.25) is 5.91 Å². The lowest BCUT2D eigenvalue weighted by Gasteiger charge is -2.17. The Hall–Kier alpha value is -2.04. The molecule has 0 aliphatic heterocycles. The van der Waals surface area contributed by atoms with Gasteiger partial charge in [-0.1, -0.05) is 25.5 Å². The van der Waals surface area contributed by atoms with Gasteiger partial charge in [-0.15, -0.1) is 0 Å². The Morgan fingerprint density at radius 3 is 2.43 bits per heavy atom. The maximum Gasteiger partial charge on any atom is 0.347 e. The van der Waals surface area contributed by atoms with Crippen LogP contribution in [0, 0.1) is 0 Å². The third-order valence-electron chi connectivity index (χ3n) is 3.36. The highest BCUT2D eigenvalue weighted by Gasteiger charge is 2.21. The first kappa shape index (κ1) is 19.0. The molecule has 0 radical (unpaired) electrons. The van der Waals surface area contributed by atoms with Crippen molar-refractivity contribution in [3.05, 3.63) is 29.8 Å². The van der Waals surface area contributed by atoms with Gasteiger partial charge in [0.05, 0.1) is 6.61 Å². The molecule has 1 N–H and O–H groups in total. The topological polar surface area (TPSA) is 64.6 Å². The van der Waals surface area contributed by atoms with E-state index in [0.29, 0.717) is 25.3 Å². The molecule has 1 unspecified atom stereocenters. The first-order chi connectivity index (χ1) is 11.1. The van der Waals surface area contributed by atoms with Crippen LogP contribution in [0.15, 0.2) is 24.3 Å². The molecule has 0 aliphatic carbocycles. The largest absolute Gasteiger partial charge is 0.479 e. The van der Waals surface area contributed by atoms with Gasteiger partial charge in [0.25, 0.3) is 0 Å². The van der Waals surface area contributed by atoms with Gasteiger partial charge in [-0.2, -0.15) is 0 Å². The zero-order chi connectivity index (χ0) is 17.1. The van der Waals surface area contributed by atoms with E-state index < -0.39 is 6.10 Å². The minimum Gasteiger partial charge on any atom is -0.479 e. The van der Waals surface area contributed by atoms with Gasteiger partial charge in [0.15, 0.2) is 6.10 Å². The Morgan fingerprint density at radius 2 is 1.87 bits per heavy atom. The highest BCUT2D eigenvalue weighted by molar-refractivity contribution is 5.75. The van der Waals surface area contributed by atoms with Gasteiger partial charge in [-0.05, 0) is 43.9 Å². The summed E-state index contributed by atoms with van der Waals surface area (Å²) in [7, 11) is 0. The maximum atomic E-state index is 11.9.